The summed E-state index contributed by atoms with van der Waals surface area (Å²) < 4.78 is 11.4. The van der Waals surface area contributed by atoms with Crippen LogP contribution in [0, 0.1) is 20.8 Å². The van der Waals surface area contributed by atoms with Gasteiger partial charge in [-0.1, -0.05) is 30.2 Å². The lowest BCUT2D eigenvalue weighted by Gasteiger charge is -2.28. The zero-order valence-corrected chi connectivity index (χ0v) is 19.9. The molecular formula is C27H37NO4. The molecule has 1 fully saturated rings. The van der Waals surface area contributed by atoms with E-state index in [2.05, 4.69) is 24.0 Å². The van der Waals surface area contributed by atoms with Crippen LogP contribution in [0.25, 0.3) is 0 Å². The Morgan fingerprint density at radius 2 is 1.72 bits per heavy atom. The van der Waals surface area contributed by atoms with Crippen molar-refractivity contribution >= 4 is 5.78 Å². The van der Waals surface area contributed by atoms with Crippen molar-refractivity contribution in [1.82, 2.24) is 4.90 Å². The highest BCUT2D eigenvalue weighted by Crippen LogP contribution is 2.29. The number of β-amino-alcohol motifs (C(OH)–C–C–N with tert-alkyl or cyclic N) is 1. The fourth-order valence-corrected chi connectivity index (χ4v) is 4.67. The number of aliphatic hydroxyl groups excluding tert-OH is 1. The Morgan fingerprint density at radius 3 is 2.38 bits per heavy atom. The summed E-state index contributed by atoms with van der Waals surface area (Å²) in [6, 6.07) is 9.89. The monoisotopic (exact) mass is 439 g/mol. The summed E-state index contributed by atoms with van der Waals surface area (Å²) in [4.78, 5) is 15.2. The molecule has 2 aromatic carbocycles. The van der Waals surface area contributed by atoms with Crippen molar-refractivity contribution in [1.29, 1.82) is 0 Å². The Morgan fingerprint density at radius 1 is 1.03 bits per heavy atom. The van der Waals surface area contributed by atoms with Gasteiger partial charge in [0.2, 0.25) is 0 Å². The number of likely N-dealkylation sites (tertiary alicyclic amines) is 1. The summed E-state index contributed by atoms with van der Waals surface area (Å²) in [5.41, 5.74) is 5.10. The van der Waals surface area contributed by atoms with E-state index in [1.54, 1.807) is 7.11 Å². The number of ether oxygens (including phenoxy) is 2. The third-order valence-electron chi connectivity index (χ3n) is 6.17. The van der Waals surface area contributed by atoms with Crippen molar-refractivity contribution in [2.24, 2.45) is 0 Å². The molecule has 0 amide bonds. The van der Waals surface area contributed by atoms with E-state index in [-0.39, 0.29) is 12.4 Å². The Labute approximate surface area is 192 Å². The van der Waals surface area contributed by atoms with E-state index in [1.165, 1.54) is 24.8 Å². The van der Waals surface area contributed by atoms with Crippen LogP contribution in [0.4, 0.5) is 0 Å². The lowest BCUT2D eigenvalue weighted by Crippen LogP contribution is -2.38. The molecule has 1 saturated heterocycles. The van der Waals surface area contributed by atoms with Gasteiger partial charge in [0.05, 0.1) is 7.11 Å². The summed E-state index contributed by atoms with van der Waals surface area (Å²) in [5.74, 6) is 1.41. The number of hydrogen-bond donors (Lipinski definition) is 1. The molecule has 3 rings (SSSR count). The van der Waals surface area contributed by atoms with Crippen LogP contribution < -0.4 is 9.47 Å². The molecule has 2 aromatic rings. The Bertz CT molecular complexity index is 895. The molecule has 1 atom stereocenters. The van der Waals surface area contributed by atoms with Crippen LogP contribution in [-0.4, -0.2) is 55.2 Å². The summed E-state index contributed by atoms with van der Waals surface area (Å²) in [7, 11) is 1.61. The number of carbonyl (C=O) groups excluding carboxylic acids is 1. The van der Waals surface area contributed by atoms with Gasteiger partial charge >= 0.3 is 0 Å². The number of carbonyl (C=O) groups is 1. The van der Waals surface area contributed by atoms with E-state index < -0.39 is 6.10 Å². The molecule has 1 heterocycles. The maximum absolute atomic E-state index is 12.9. The number of aliphatic hydroxyl groups is 1. The van der Waals surface area contributed by atoms with Gasteiger partial charge in [-0.25, -0.2) is 0 Å². The zero-order chi connectivity index (χ0) is 23.1. The van der Waals surface area contributed by atoms with Gasteiger partial charge in [0, 0.05) is 18.5 Å². The standard InChI is InChI=1S/C27H37NO4/c1-19-14-20(2)27(21(3)15-19)24(30)10-8-22-9-11-25(31-4)26(16-22)32-18-23(29)17-28-12-6-5-7-13-28/h9,11,14-16,23,29H,5-8,10,12-13,17-18H2,1-4H3. The molecule has 1 unspecified atom stereocenters. The highest BCUT2D eigenvalue weighted by Gasteiger charge is 2.17. The lowest BCUT2D eigenvalue weighted by atomic mass is 9.93. The van der Waals surface area contributed by atoms with Crippen molar-refractivity contribution in [3.05, 3.63) is 58.1 Å². The third kappa shape index (κ3) is 6.57. The number of aryl methyl sites for hydroxylation is 4. The van der Waals surface area contributed by atoms with Crippen molar-refractivity contribution in [2.45, 2.75) is 59.0 Å². The maximum Gasteiger partial charge on any atom is 0.163 e. The normalized spacial score (nSPS) is 15.4. The topological polar surface area (TPSA) is 59.0 Å². The fourth-order valence-electron chi connectivity index (χ4n) is 4.67. The largest absolute Gasteiger partial charge is 0.493 e. The Balaban J connectivity index is 1.60. The van der Waals surface area contributed by atoms with E-state index in [0.717, 1.165) is 35.3 Å². The second-order valence-electron chi connectivity index (χ2n) is 9.01. The highest BCUT2D eigenvalue weighted by atomic mass is 16.5. The highest BCUT2D eigenvalue weighted by molar-refractivity contribution is 5.99. The van der Waals surface area contributed by atoms with E-state index in [9.17, 15) is 9.90 Å². The van der Waals surface area contributed by atoms with Crippen LogP contribution in [0.5, 0.6) is 11.5 Å². The molecule has 1 N–H and O–H groups in total. The molecule has 5 heteroatoms. The van der Waals surface area contributed by atoms with Crippen LogP contribution in [0.1, 0.15) is 58.3 Å². The first-order valence-corrected chi connectivity index (χ1v) is 11.7. The number of nitrogens with zero attached hydrogens (tertiary/aromatic N) is 1. The zero-order valence-electron chi connectivity index (χ0n) is 19.9. The molecule has 1 aliphatic heterocycles. The molecule has 0 bridgehead atoms. The van der Waals surface area contributed by atoms with E-state index in [4.69, 9.17) is 9.47 Å². The number of methoxy groups -OCH3 is 1. The second kappa shape index (κ2) is 11.5. The molecule has 1 aliphatic rings. The van der Waals surface area contributed by atoms with Crippen LogP contribution in [0.15, 0.2) is 30.3 Å². The molecule has 0 spiro atoms. The fraction of sp³-hybridized carbons (Fsp3) is 0.519. The average molecular weight is 440 g/mol. The minimum atomic E-state index is -0.546. The number of rotatable bonds is 10. The van der Waals surface area contributed by atoms with Gasteiger partial charge < -0.3 is 19.5 Å². The predicted molar refractivity (Wildman–Crippen MR) is 128 cm³/mol. The van der Waals surface area contributed by atoms with Crippen LogP contribution in [0.2, 0.25) is 0 Å². The smallest absolute Gasteiger partial charge is 0.163 e. The Kier molecular flexibility index (Phi) is 8.71. The van der Waals surface area contributed by atoms with E-state index in [1.807, 2.05) is 32.0 Å². The number of piperidine rings is 1. The quantitative estimate of drug-likeness (QED) is 0.546. The molecule has 0 saturated carbocycles. The third-order valence-corrected chi connectivity index (χ3v) is 6.17. The van der Waals surface area contributed by atoms with Crippen LogP contribution in [-0.2, 0) is 6.42 Å². The molecule has 0 radical (unpaired) electrons. The van der Waals surface area contributed by atoms with Gasteiger partial charge in [-0.3, -0.25) is 4.79 Å². The first kappa shape index (κ1) is 24.3. The van der Waals surface area contributed by atoms with E-state index >= 15 is 0 Å². The van der Waals surface area contributed by atoms with E-state index in [0.29, 0.717) is 30.9 Å². The van der Waals surface area contributed by atoms with Gasteiger partial charge in [0.15, 0.2) is 17.3 Å². The summed E-state index contributed by atoms with van der Waals surface area (Å²) in [6.45, 7) is 9.00. The average Bonchev–Trinajstić information content (AvgIpc) is 2.76. The minimum Gasteiger partial charge on any atom is -0.493 e. The lowest BCUT2D eigenvalue weighted by molar-refractivity contribution is 0.0608. The number of Topliss-reactive ketones (excluding diaryl/α,β-unsaturated/α-hetero) is 1. The molecule has 0 aliphatic carbocycles. The van der Waals surface area contributed by atoms with Crippen LogP contribution in [0.3, 0.4) is 0 Å². The molecule has 5 nitrogen and oxygen atoms in total. The van der Waals surface area contributed by atoms with Gasteiger partial charge in [-0.2, -0.15) is 0 Å². The molecule has 174 valence electrons. The molecule has 0 aromatic heterocycles. The van der Waals surface area contributed by atoms with Crippen LogP contribution >= 0.6 is 0 Å². The maximum atomic E-state index is 12.9. The summed E-state index contributed by atoms with van der Waals surface area (Å²) in [6.07, 6.45) is 4.19. The van der Waals surface area contributed by atoms with Gasteiger partial charge in [0.1, 0.15) is 12.7 Å². The Hall–Kier alpha value is -2.37. The van der Waals surface area contributed by atoms with Crippen molar-refractivity contribution in [3.63, 3.8) is 0 Å². The SMILES string of the molecule is COc1ccc(CCC(=O)c2c(C)cc(C)cc2C)cc1OCC(O)CN1CCCCC1. The molecular weight excluding hydrogens is 402 g/mol. The molecule has 32 heavy (non-hydrogen) atoms. The van der Waals surface area contributed by atoms with Gasteiger partial charge in [-0.15, -0.1) is 0 Å². The number of benzene rings is 2. The second-order valence-corrected chi connectivity index (χ2v) is 9.01. The number of hydrogen-bond acceptors (Lipinski definition) is 5. The minimum absolute atomic E-state index is 0.162. The predicted octanol–water partition coefficient (Wildman–Crippen LogP) is 4.66. The van der Waals surface area contributed by atoms with Crippen molar-refractivity contribution in [2.75, 3.05) is 33.4 Å². The van der Waals surface area contributed by atoms with Gasteiger partial charge in [-0.05, 0) is 81.9 Å². The van der Waals surface area contributed by atoms with Crippen molar-refractivity contribution < 1.29 is 19.4 Å². The summed E-state index contributed by atoms with van der Waals surface area (Å²) >= 11 is 0. The van der Waals surface area contributed by atoms with Crippen molar-refractivity contribution in [3.8, 4) is 11.5 Å². The van der Waals surface area contributed by atoms with Gasteiger partial charge in [0.25, 0.3) is 0 Å². The number of ketones is 1. The first-order valence-electron chi connectivity index (χ1n) is 11.7. The first-order chi connectivity index (χ1) is 15.4. The summed E-state index contributed by atoms with van der Waals surface area (Å²) in [5, 5.41) is 10.4.